The van der Waals surface area contributed by atoms with E-state index in [9.17, 15) is 9.59 Å². The molecule has 1 aliphatic heterocycles. The molecule has 0 bridgehead atoms. The number of Topliss-reactive ketones (excluding diaryl/α,β-unsaturated/α-hetero) is 1. The molecule has 1 heterocycles. The molecule has 2 aromatic carbocycles. The Labute approximate surface area is 150 Å². The number of carbonyl (C=O) groups is 2. The quantitative estimate of drug-likeness (QED) is 0.586. The van der Waals surface area contributed by atoms with Crippen LogP contribution in [0.5, 0.6) is 17.2 Å². The van der Waals surface area contributed by atoms with Gasteiger partial charge in [-0.1, -0.05) is 12.1 Å². The van der Waals surface area contributed by atoms with Crippen LogP contribution in [0.4, 0.5) is 0 Å². The molecular formula is C20H18O6. The van der Waals surface area contributed by atoms with Gasteiger partial charge in [0.15, 0.2) is 12.4 Å². The first-order chi connectivity index (χ1) is 12.6. The number of carbonyl (C=O) groups excluding carboxylic acids is 2. The Hall–Kier alpha value is -3.28. The fraction of sp³-hybridized carbons (Fsp3) is 0.200. The summed E-state index contributed by atoms with van der Waals surface area (Å²) in [4.78, 5) is 23.6. The van der Waals surface area contributed by atoms with Crippen molar-refractivity contribution >= 4 is 17.8 Å². The summed E-state index contributed by atoms with van der Waals surface area (Å²) in [6.07, 6.45) is 1.63. The van der Waals surface area contributed by atoms with Gasteiger partial charge < -0.3 is 18.9 Å². The molecule has 0 amide bonds. The first-order valence-corrected chi connectivity index (χ1v) is 8.11. The van der Waals surface area contributed by atoms with Crippen LogP contribution in [-0.4, -0.2) is 32.1 Å². The highest BCUT2D eigenvalue weighted by Crippen LogP contribution is 2.35. The number of ketones is 1. The third kappa shape index (κ3) is 3.85. The van der Waals surface area contributed by atoms with Crippen molar-refractivity contribution in [2.24, 2.45) is 0 Å². The predicted molar refractivity (Wildman–Crippen MR) is 94.5 cm³/mol. The van der Waals surface area contributed by atoms with Gasteiger partial charge in [-0.05, 0) is 42.8 Å². The third-order valence-corrected chi connectivity index (χ3v) is 3.69. The lowest BCUT2D eigenvalue weighted by Crippen LogP contribution is -2.12. The molecule has 6 nitrogen and oxygen atoms in total. The molecule has 0 radical (unpaired) electrons. The average molecular weight is 354 g/mol. The zero-order valence-corrected chi connectivity index (χ0v) is 14.5. The molecule has 0 spiro atoms. The van der Waals surface area contributed by atoms with Crippen molar-refractivity contribution in [2.45, 2.75) is 6.92 Å². The van der Waals surface area contributed by atoms with Gasteiger partial charge in [0.05, 0.1) is 19.3 Å². The molecule has 0 atom stereocenters. The highest BCUT2D eigenvalue weighted by molar-refractivity contribution is 6.14. The molecular weight excluding hydrogens is 336 g/mol. The van der Waals surface area contributed by atoms with Gasteiger partial charge in [0, 0.05) is 6.07 Å². The summed E-state index contributed by atoms with van der Waals surface area (Å²) in [7, 11) is 1.30. The van der Waals surface area contributed by atoms with Crippen molar-refractivity contribution in [3.63, 3.8) is 0 Å². The lowest BCUT2D eigenvalue weighted by Gasteiger charge is -2.06. The second kappa shape index (κ2) is 7.74. The number of hydrogen-bond donors (Lipinski definition) is 0. The summed E-state index contributed by atoms with van der Waals surface area (Å²) in [5.74, 6) is 1.18. The van der Waals surface area contributed by atoms with E-state index in [1.807, 2.05) is 13.0 Å². The summed E-state index contributed by atoms with van der Waals surface area (Å²) in [6.45, 7) is 2.24. The first kappa shape index (κ1) is 17.5. The molecule has 3 rings (SSSR count). The van der Waals surface area contributed by atoms with Crippen LogP contribution in [-0.2, 0) is 9.53 Å². The lowest BCUT2D eigenvalue weighted by atomic mass is 10.1. The van der Waals surface area contributed by atoms with Gasteiger partial charge in [-0.25, -0.2) is 4.79 Å². The fourth-order valence-corrected chi connectivity index (χ4v) is 2.47. The molecule has 0 saturated carbocycles. The molecule has 0 N–H and O–H groups in total. The van der Waals surface area contributed by atoms with E-state index in [0.29, 0.717) is 35.0 Å². The standard InChI is InChI=1S/C20H18O6/c1-3-24-15-7-8-16-17(11-15)26-18(20(16)22)10-13-5-4-6-14(9-13)25-12-19(21)23-2/h4-11H,3,12H2,1-2H3. The van der Waals surface area contributed by atoms with Crippen molar-refractivity contribution in [1.29, 1.82) is 0 Å². The number of allylic oxidation sites excluding steroid dienone is 1. The number of hydrogen-bond acceptors (Lipinski definition) is 6. The Morgan fingerprint density at radius 1 is 1.12 bits per heavy atom. The van der Waals surface area contributed by atoms with Gasteiger partial charge in [0.25, 0.3) is 0 Å². The van der Waals surface area contributed by atoms with Crippen LogP contribution in [0.3, 0.4) is 0 Å². The maximum atomic E-state index is 12.5. The Kier molecular flexibility index (Phi) is 5.22. The number of methoxy groups -OCH3 is 1. The van der Waals surface area contributed by atoms with E-state index in [-0.39, 0.29) is 18.1 Å². The van der Waals surface area contributed by atoms with E-state index in [2.05, 4.69) is 4.74 Å². The second-order valence-electron chi connectivity index (χ2n) is 5.47. The van der Waals surface area contributed by atoms with Crippen LogP contribution in [0.1, 0.15) is 22.8 Å². The molecule has 6 heteroatoms. The van der Waals surface area contributed by atoms with Gasteiger partial charge in [-0.3, -0.25) is 4.79 Å². The van der Waals surface area contributed by atoms with E-state index < -0.39 is 5.97 Å². The van der Waals surface area contributed by atoms with E-state index in [4.69, 9.17) is 14.2 Å². The molecule has 0 unspecified atom stereocenters. The monoisotopic (exact) mass is 354 g/mol. The Morgan fingerprint density at radius 2 is 1.92 bits per heavy atom. The summed E-state index contributed by atoms with van der Waals surface area (Å²) >= 11 is 0. The third-order valence-electron chi connectivity index (χ3n) is 3.69. The molecule has 1 aliphatic rings. The smallest absolute Gasteiger partial charge is 0.343 e. The van der Waals surface area contributed by atoms with Crippen LogP contribution in [0.2, 0.25) is 0 Å². The molecule has 0 saturated heterocycles. The summed E-state index contributed by atoms with van der Waals surface area (Å²) < 4.78 is 21.0. The number of fused-ring (bicyclic) bond motifs is 1. The Morgan fingerprint density at radius 3 is 2.69 bits per heavy atom. The highest BCUT2D eigenvalue weighted by atomic mass is 16.6. The molecule has 2 aromatic rings. The Balaban J connectivity index is 1.78. The first-order valence-electron chi connectivity index (χ1n) is 8.11. The summed E-state index contributed by atoms with van der Waals surface area (Å²) in [5.41, 5.74) is 1.21. The van der Waals surface area contributed by atoms with E-state index >= 15 is 0 Å². The van der Waals surface area contributed by atoms with Crippen molar-refractivity contribution in [3.8, 4) is 17.2 Å². The molecule has 26 heavy (non-hydrogen) atoms. The van der Waals surface area contributed by atoms with Crippen LogP contribution >= 0.6 is 0 Å². The minimum absolute atomic E-state index is 0.183. The van der Waals surface area contributed by atoms with Gasteiger partial charge in [-0.15, -0.1) is 0 Å². The van der Waals surface area contributed by atoms with Crippen LogP contribution in [0, 0.1) is 0 Å². The van der Waals surface area contributed by atoms with Gasteiger partial charge in [0.2, 0.25) is 5.78 Å². The van der Waals surface area contributed by atoms with E-state index in [1.54, 1.807) is 42.5 Å². The van der Waals surface area contributed by atoms with Crippen molar-refractivity contribution in [3.05, 3.63) is 59.4 Å². The Bertz CT molecular complexity index is 868. The highest BCUT2D eigenvalue weighted by Gasteiger charge is 2.27. The fourth-order valence-electron chi connectivity index (χ4n) is 2.47. The van der Waals surface area contributed by atoms with Gasteiger partial charge >= 0.3 is 5.97 Å². The minimum Gasteiger partial charge on any atom is -0.494 e. The van der Waals surface area contributed by atoms with Crippen LogP contribution < -0.4 is 14.2 Å². The number of rotatable bonds is 6. The largest absolute Gasteiger partial charge is 0.494 e. The zero-order valence-electron chi connectivity index (χ0n) is 14.5. The van der Waals surface area contributed by atoms with Crippen LogP contribution in [0.15, 0.2) is 48.2 Å². The second-order valence-corrected chi connectivity index (χ2v) is 5.47. The maximum Gasteiger partial charge on any atom is 0.343 e. The topological polar surface area (TPSA) is 71.1 Å². The van der Waals surface area contributed by atoms with Crippen molar-refractivity contribution in [1.82, 2.24) is 0 Å². The van der Waals surface area contributed by atoms with Crippen molar-refractivity contribution in [2.75, 3.05) is 20.3 Å². The van der Waals surface area contributed by atoms with Gasteiger partial charge in [0.1, 0.15) is 17.2 Å². The molecule has 0 aromatic heterocycles. The van der Waals surface area contributed by atoms with Crippen molar-refractivity contribution < 1.29 is 28.5 Å². The zero-order chi connectivity index (χ0) is 18.5. The lowest BCUT2D eigenvalue weighted by molar-refractivity contribution is -0.142. The number of ether oxygens (including phenoxy) is 4. The minimum atomic E-state index is -0.469. The van der Waals surface area contributed by atoms with Gasteiger partial charge in [-0.2, -0.15) is 0 Å². The normalized spacial score (nSPS) is 13.9. The van der Waals surface area contributed by atoms with E-state index in [0.717, 1.165) is 0 Å². The van der Waals surface area contributed by atoms with Crippen LogP contribution in [0.25, 0.3) is 6.08 Å². The number of esters is 1. The number of benzene rings is 2. The summed E-state index contributed by atoms with van der Waals surface area (Å²) in [5, 5.41) is 0. The average Bonchev–Trinajstić information content (AvgIpc) is 2.95. The van der Waals surface area contributed by atoms with E-state index in [1.165, 1.54) is 7.11 Å². The predicted octanol–water partition coefficient (Wildman–Crippen LogP) is 3.25. The molecule has 0 aliphatic carbocycles. The molecule has 0 fully saturated rings. The SMILES string of the molecule is CCOc1ccc2c(c1)OC(=Cc1cccc(OCC(=O)OC)c1)C2=O. The maximum absolute atomic E-state index is 12.5. The summed E-state index contributed by atoms with van der Waals surface area (Å²) in [6, 6.07) is 12.1. The molecule has 134 valence electrons.